The third-order valence-electron chi connectivity index (χ3n) is 3.97. The molecule has 3 rings (SSSR count). The Hall–Kier alpha value is -3.22. The Morgan fingerprint density at radius 1 is 0.929 bits per heavy atom. The molecule has 2 aromatic carbocycles. The van der Waals surface area contributed by atoms with Crippen LogP contribution in [0.5, 0.6) is 23.0 Å². The fourth-order valence-corrected chi connectivity index (χ4v) is 2.60. The van der Waals surface area contributed by atoms with Crippen molar-refractivity contribution in [3.8, 4) is 23.0 Å². The maximum Gasteiger partial charge on any atom is 0.338 e. The summed E-state index contributed by atoms with van der Waals surface area (Å²) in [4.78, 5) is 24.6. The zero-order valence-corrected chi connectivity index (χ0v) is 15.9. The van der Waals surface area contributed by atoms with Crippen molar-refractivity contribution in [1.82, 2.24) is 0 Å². The summed E-state index contributed by atoms with van der Waals surface area (Å²) >= 11 is 0. The fraction of sp³-hybridized carbons (Fsp3) is 0.333. The molecule has 0 saturated carbocycles. The monoisotopic (exact) mass is 386 g/mol. The van der Waals surface area contributed by atoms with E-state index in [0.29, 0.717) is 41.8 Å². The van der Waals surface area contributed by atoms with E-state index in [1.54, 1.807) is 36.4 Å². The molecule has 7 heteroatoms. The van der Waals surface area contributed by atoms with Gasteiger partial charge in [-0.2, -0.15) is 0 Å². The number of ether oxygens (including phenoxy) is 5. The smallest absolute Gasteiger partial charge is 0.338 e. The molecule has 1 heterocycles. The Morgan fingerprint density at radius 3 is 2.50 bits per heavy atom. The highest BCUT2D eigenvalue weighted by molar-refractivity contribution is 6.00. The minimum Gasteiger partial charge on any atom is -0.490 e. The summed E-state index contributed by atoms with van der Waals surface area (Å²) in [6.07, 6.45) is 0.858. The number of fused-ring (bicyclic) bond motifs is 1. The molecule has 0 atom stereocenters. The highest BCUT2D eigenvalue weighted by Gasteiger charge is 2.18. The molecule has 0 aliphatic carbocycles. The largest absolute Gasteiger partial charge is 0.490 e. The summed E-state index contributed by atoms with van der Waals surface area (Å²) in [5.41, 5.74) is 0.668. The second-order valence-electron chi connectivity index (χ2n) is 6.01. The first kappa shape index (κ1) is 19.5. The summed E-state index contributed by atoms with van der Waals surface area (Å²) < 4.78 is 26.8. The van der Waals surface area contributed by atoms with Crippen molar-refractivity contribution in [2.24, 2.45) is 0 Å². The minimum atomic E-state index is -0.614. The van der Waals surface area contributed by atoms with E-state index in [1.165, 1.54) is 0 Å². The first-order valence-corrected chi connectivity index (χ1v) is 9.12. The van der Waals surface area contributed by atoms with E-state index < -0.39 is 5.97 Å². The molecule has 148 valence electrons. The number of ketones is 1. The van der Waals surface area contributed by atoms with Crippen molar-refractivity contribution in [3.05, 3.63) is 47.5 Å². The summed E-state index contributed by atoms with van der Waals surface area (Å²) in [6, 6.07) is 9.64. The van der Waals surface area contributed by atoms with Gasteiger partial charge in [0, 0.05) is 5.56 Å². The van der Waals surface area contributed by atoms with Gasteiger partial charge >= 0.3 is 5.97 Å². The first-order valence-electron chi connectivity index (χ1n) is 9.12. The van der Waals surface area contributed by atoms with Crippen LogP contribution in [0.2, 0.25) is 0 Å². The van der Waals surface area contributed by atoms with Gasteiger partial charge in [-0.05, 0) is 49.7 Å². The minimum absolute atomic E-state index is 0.127. The predicted molar refractivity (Wildman–Crippen MR) is 101 cm³/mol. The highest BCUT2D eigenvalue weighted by Crippen LogP contribution is 2.32. The summed E-state index contributed by atoms with van der Waals surface area (Å²) in [6.45, 7) is 4.58. The Morgan fingerprint density at radius 2 is 1.71 bits per heavy atom. The number of Topliss-reactive ketones (excluding diaryl/α,β-unsaturated/α-hetero) is 1. The fourth-order valence-electron chi connectivity index (χ4n) is 2.60. The van der Waals surface area contributed by atoms with Crippen molar-refractivity contribution in [1.29, 1.82) is 0 Å². The van der Waals surface area contributed by atoms with Crippen LogP contribution in [0.4, 0.5) is 0 Å². The molecule has 1 aliphatic heterocycles. The molecule has 0 fully saturated rings. The molecule has 0 aromatic heterocycles. The van der Waals surface area contributed by atoms with Crippen molar-refractivity contribution >= 4 is 11.8 Å². The number of rotatable bonds is 9. The van der Waals surface area contributed by atoms with E-state index in [2.05, 4.69) is 0 Å². The van der Waals surface area contributed by atoms with Crippen LogP contribution in [0.1, 0.15) is 41.0 Å². The summed E-state index contributed by atoms with van der Waals surface area (Å²) in [5.74, 6) is 1.17. The molecule has 2 aromatic rings. The van der Waals surface area contributed by atoms with Crippen LogP contribution in [0.15, 0.2) is 36.4 Å². The zero-order chi connectivity index (χ0) is 19.9. The van der Waals surface area contributed by atoms with Crippen LogP contribution in [0.3, 0.4) is 0 Å². The lowest BCUT2D eigenvalue weighted by Crippen LogP contribution is -2.14. The quantitative estimate of drug-likeness (QED) is 0.481. The van der Waals surface area contributed by atoms with Gasteiger partial charge in [0.2, 0.25) is 6.79 Å². The topological polar surface area (TPSA) is 80.3 Å². The number of hydrogen-bond donors (Lipinski definition) is 0. The van der Waals surface area contributed by atoms with Gasteiger partial charge in [0.1, 0.15) is 0 Å². The molecule has 28 heavy (non-hydrogen) atoms. The molecule has 0 unspecified atom stereocenters. The number of carbonyl (C=O) groups is 2. The van der Waals surface area contributed by atoms with E-state index in [4.69, 9.17) is 23.7 Å². The van der Waals surface area contributed by atoms with Crippen LogP contribution >= 0.6 is 0 Å². The van der Waals surface area contributed by atoms with Crippen LogP contribution < -0.4 is 18.9 Å². The van der Waals surface area contributed by atoms with Gasteiger partial charge in [-0.25, -0.2) is 4.79 Å². The molecule has 7 nitrogen and oxygen atoms in total. The Labute approximate surface area is 163 Å². The lowest BCUT2D eigenvalue weighted by molar-refractivity contribution is 0.0474. The van der Waals surface area contributed by atoms with E-state index in [-0.39, 0.29) is 24.7 Å². The molecule has 0 spiro atoms. The van der Waals surface area contributed by atoms with Crippen molar-refractivity contribution in [2.45, 2.75) is 20.3 Å². The van der Waals surface area contributed by atoms with Crippen LogP contribution in [0, 0.1) is 0 Å². The van der Waals surface area contributed by atoms with E-state index in [0.717, 1.165) is 6.42 Å². The maximum absolute atomic E-state index is 12.3. The van der Waals surface area contributed by atoms with Crippen molar-refractivity contribution in [2.75, 3.05) is 26.6 Å². The lowest BCUT2D eigenvalue weighted by Gasteiger charge is -2.12. The predicted octanol–water partition coefficient (Wildman–Crippen LogP) is 3.64. The second kappa shape index (κ2) is 9.12. The summed E-state index contributed by atoms with van der Waals surface area (Å²) in [5, 5.41) is 0. The van der Waals surface area contributed by atoms with Gasteiger partial charge in [0.05, 0.1) is 18.8 Å². The molecule has 0 N–H and O–H groups in total. The Bertz CT molecular complexity index is 860. The molecular formula is C21H22O7. The van der Waals surface area contributed by atoms with Gasteiger partial charge in [-0.15, -0.1) is 0 Å². The molecule has 0 saturated heterocycles. The average Bonchev–Trinajstić information content (AvgIpc) is 3.18. The van der Waals surface area contributed by atoms with Gasteiger partial charge in [-0.1, -0.05) is 6.92 Å². The molecule has 1 aliphatic rings. The molecular weight excluding hydrogens is 364 g/mol. The van der Waals surface area contributed by atoms with E-state index >= 15 is 0 Å². The van der Waals surface area contributed by atoms with Crippen LogP contribution in [-0.2, 0) is 4.74 Å². The molecule has 0 bridgehead atoms. The third-order valence-corrected chi connectivity index (χ3v) is 3.97. The highest BCUT2D eigenvalue weighted by atomic mass is 16.7. The lowest BCUT2D eigenvalue weighted by atomic mass is 10.1. The Kier molecular flexibility index (Phi) is 6.37. The molecule has 0 amide bonds. The number of esters is 1. The van der Waals surface area contributed by atoms with Crippen molar-refractivity contribution < 1.29 is 33.3 Å². The number of carbonyl (C=O) groups excluding carboxylic acids is 2. The van der Waals surface area contributed by atoms with Gasteiger partial charge in [0.25, 0.3) is 0 Å². The maximum atomic E-state index is 12.3. The van der Waals surface area contributed by atoms with Gasteiger partial charge < -0.3 is 23.7 Å². The third kappa shape index (κ3) is 4.54. The number of hydrogen-bond acceptors (Lipinski definition) is 7. The first-order chi connectivity index (χ1) is 13.6. The average molecular weight is 386 g/mol. The van der Waals surface area contributed by atoms with Gasteiger partial charge in [0.15, 0.2) is 35.4 Å². The van der Waals surface area contributed by atoms with E-state index in [9.17, 15) is 9.59 Å². The number of benzene rings is 2. The van der Waals surface area contributed by atoms with Crippen molar-refractivity contribution in [3.63, 3.8) is 0 Å². The summed E-state index contributed by atoms with van der Waals surface area (Å²) in [7, 11) is 0. The van der Waals surface area contributed by atoms with Gasteiger partial charge in [-0.3, -0.25) is 4.79 Å². The zero-order valence-electron chi connectivity index (χ0n) is 15.9. The SMILES string of the molecule is CCCOc1ccc(C(=O)OCC(=O)c2ccc3c(c2)OCO3)cc1OCC. The van der Waals surface area contributed by atoms with E-state index in [1.807, 2.05) is 13.8 Å². The second-order valence-corrected chi connectivity index (χ2v) is 6.01. The Balaban J connectivity index is 1.63. The standard InChI is InChI=1S/C21H22O7/c1-3-9-25-17-8-6-15(11-19(17)24-4-2)21(23)26-12-16(22)14-5-7-18-20(10-14)28-13-27-18/h5-8,10-11H,3-4,9,12-13H2,1-2H3. The van der Waals surface area contributed by atoms with Crippen LogP contribution in [0.25, 0.3) is 0 Å². The van der Waals surface area contributed by atoms with Crippen LogP contribution in [-0.4, -0.2) is 38.4 Å². The molecule has 0 radical (unpaired) electrons. The normalized spacial score (nSPS) is 11.8.